The minimum Gasteiger partial charge on any atom is -0.456 e. The first-order valence-corrected chi connectivity index (χ1v) is 22.5. The van der Waals surface area contributed by atoms with Gasteiger partial charge in [0, 0.05) is 0 Å². The van der Waals surface area contributed by atoms with E-state index < -0.39 is 242 Å². The van der Waals surface area contributed by atoms with Gasteiger partial charge in [0.1, 0.15) is 134 Å². The van der Waals surface area contributed by atoms with Crippen LogP contribution < -0.4 is 0 Å². The predicted octanol–water partition coefficient (Wildman–Crippen LogP) is -13.4. The van der Waals surface area contributed by atoms with Crippen LogP contribution in [-0.4, -0.2) is 323 Å². The third-order valence-corrected chi connectivity index (χ3v) is 13.3. The van der Waals surface area contributed by atoms with Crippen molar-refractivity contribution in [1.82, 2.24) is 0 Å². The van der Waals surface area contributed by atoms with Crippen molar-refractivity contribution >= 4 is 17.7 Å². The number of carbonyl (C=O) groups is 3. The highest BCUT2D eigenvalue weighted by Gasteiger charge is 2.60. The number of aliphatic hydroxyl groups is 16. The summed E-state index contributed by atoms with van der Waals surface area (Å²) in [7, 11) is 0. The molecule has 26 unspecified atom stereocenters. The Morgan fingerprint density at radius 1 is 0.292 bits per heavy atom. The van der Waals surface area contributed by atoms with Gasteiger partial charge in [0.25, 0.3) is 0 Å². The maximum atomic E-state index is 13.9. The SMILES string of the molecule is O=C1COC(=O)C2OC3OC4C(O)C(O)C(OC5[C@@H](CO)OC(OC6C(OC(OC7C(CO)OC(OC8C(CO)OC(OC2C(O)C3O)C(O)C8O)C(O)C7O)C(O)C6O)C(=O)OC1)[C@H](O)[C@H]5O)O[C@@H]4CO. The molecule has 0 aliphatic carbocycles. The maximum absolute atomic E-state index is 13.9. The summed E-state index contributed by atoms with van der Waals surface area (Å²) in [6.45, 7) is -7.00. The zero-order chi connectivity index (χ0) is 52.2. The van der Waals surface area contributed by atoms with E-state index in [0.29, 0.717) is 0 Å². The fourth-order valence-corrected chi connectivity index (χ4v) is 9.35. The van der Waals surface area contributed by atoms with Crippen molar-refractivity contribution in [1.29, 1.82) is 0 Å². The first kappa shape index (κ1) is 55.7. The zero-order valence-electron chi connectivity index (χ0n) is 37.2. The lowest BCUT2D eigenvalue weighted by Crippen LogP contribution is -2.69. The van der Waals surface area contributed by atoms with E-state index in [1.165, 1.54) is 0 Å². The number of ether oxygens (including phenoxy) is 14. The second kappa shape index (κ2) is 23.0. The molecule has 72 heavy (non-hydrogen) atoms. The number of hydrogen-bond donors (Lipinski definition) is 16. The summed E-state index contributed by atoms with van der Waals surface area (Å²) >= 11 is 0. The molecule has 33 heteroatoms. The highest BCUT2D eigenvalue weighted by atomic mass is 16.8. The van der Waals surface area contributed by atoms with Gasteiger partial charge in [-0.1, -0.05) is 0 Å². The molecular formula is C39H58O33. The van der Waals surface area contributed by atoms with Crippen molar-refractivity contribution in [2.45, 2.75) is 184 Å². The molecule has 412 valence electrons. The summed E-state index contributed by atoms with van der Waals surface area (Å²) < 4.78 is 78.2. The predicted molar refractivity (Wildman–Crippen MR) is 209 cm³/mol. The van der Waals surface area contributed by atoms with Crippen molar-refractivity contribution in [3.63, 3.8) is 0 Å². The highest BCUT2D eigenvalue weighted by molar-refractivity contribution is 5.87. The molecule has 0 aromatic carbocycles. The second-order valence-corrected chi connectivity index (χ2v) is 18.0. The van der Waals surface area contributed by atoms with E-state index in [2.05, 4.69) is 0 Å². The van der Waals surface area contributed by atoms with Crippen LogP contribution in [0.4, 0.5) is 0 Å². The summed E-state index contributed by atoms with van der Waals surface area (Å²) in [5.74, 6) is -4.52. The van der Waals surface area contributed by atoms with Crippen molar-refractivity contribution in [3.05, 3.63) is 0 Å². The molecule has 0 amide bonds. The fourth-order valence-electron chi connectivity index (χ4n) is 9.35. The van der Waals surface area contributed by atoms with Crippen LogP contribution in [0.25, 0.3) is 0 Å². The molecule has 0 spiro atoms. The number of Topliss-reactive ketones (excluding diaryl/α,β-unsaturated/α-hetero) is 1. The molecule has 16 N–H and O–H groups in total. The zero-order valence-corrected chi connectivity index (χ0v) is 37.2. The molecule has 0 radical (unpaired) electrons. The van der Waals surface area contributed by atoms with Crippen LogP contribution in [0.5, 0.6) is 0 Å². The van der Waals surface area contributed by atoms with E-state index in [9.17, 15) is 96.1 Å². The molecule has 12 heterocycles. The van der Waals surface area contributed by atoms with Gasteiger partial charge in [0.05, 0.1) is 26.4 Å². The third kappa shape index (κ3) is 10.6. The standard InChI is InChI=1S/C39H58O33/c40-1-8-24-14(47)20(53)36(63-8)69-28-16(49)22(55)38-68-27-11(4-43)62-35(19(52)13(27)46)66-25-9(2-41)64-37(21(54)15(25)48)70-29-17(50)23(56)39(67-26-10(3-42)61-34(65-24)18(51)12(26)45)72-31(29)33(58)60-6-7(44)5-59-32(57)30(28)71-38/h8-31,34-43,45-56H,1-6H2/t8-,9?,10-,11?,12?,13?,14-,15?,16?,17?,18?,19?,20-,21?,22?,23?,24?,25?,26?,27?,28?,29?,30?,31?,34?,35?,36?,37?,38?,39?/m1/s1. The van der Waals surface area contributed by atoms with E-state index in [0.717, 1.165) is 0 Å². The fraction of sp³-hybridized carbons (Fsp3) is 0.923. The van der Waals surface area contributed by atoms with Crippen LogP contribution in [0.15, 0.2) is 0 Å². The quantitative estimate of drug-likeness (QED) is 0.116. The molecule has 0 aromatic rings. The van der Waals surface area contributed by atoms with Crippen LogP contribution in [0.2, 0.25) is 0 Å². The Balaban J connectivity index is 1.21. The maximum Gasteiger partial charge on any atom is 0.338 e. The minimum atomic E-state index is -2.42. The van der Waals surface area contributed by atoms with Crippen LogP contribution in [0.3, 0.4) is 0 Å². The van der Waals surface area contributed by atoms with Crippen LogP contribution >= 0.6 is 0 Å². The van der Waals surface area contributed by atoms with Crippen LogP contribution in [0, 0.1) is 0 Å². The van der Waals surface area contributed by atoms with Gasteiger partial charge in [-0.3, -0.25) is 4.79 Å². The molecule has 33 nitrogen and oxygen atoms in total. The minimum absolute atomic E-state index is 1.10. The van der Waals surface area contributed by atoms with Crippen molar-refractivity contribution in [3.8, 4) is 0 Å². The first-order valence-electron chi connectivity index (χ1n) is 22.5. The average Bonchev–Trinajstić information content (AvgIpc) is 3.36. The van der Waals surface area contributed by atoms with Gasteiger partial charge in [-0.15, -0.1) is 0 Å². The lowest BCUT2D eigenvalue weighted by molar-refractivity contribution is -0.401. The van der Waals surface area contributed by atoms with Crippen molar-refractivity contribution in [2.24, 2.45) is 0 Å². The number of aliphatic hydroxyl groups excluding tert-OH is 16. The molecule has 0 aromatic heterocycles. The van der Waals surface area contributed by atoms with E-state index >= 15 is 0 Å². The summed E-state index contributed by atoms with van der Waals surface area (Å²) in [5.41, 5.74) is 0. The number of fused-ring (bicyclic) bond motifs is 4. The van der Waals surface area contributed by atoms with Gasteiger partial charge in [-0.2, -0.15) is 0 Å². The van der Waals surface area contributed by atoms with Gasteiger partial charge in [-0.05, 0) is 0 Å². The number of esters is 2. The lowest BCUT2D eigenvalue weighted by Gasteiger charge is -2.50. The molecular weight excluding hydrogens is 996 g/mol. The van der Waals surface area contributed by atoms with Crippen LogP contribution in [-0.2, 0) is 80.7 Å². The van der Waals surface area contributed by atoms with E-state index in [-0.39, 0.29) is 0 Å². The smallest absolute Gasteiger partial charge is 0.338 e. The molecule has 12 aliphatic heterocycles. The third-order valence-electron chi connectivity index (χ3n) is 13.3. The second-order valence-electron chi connectivity index (χ2n) is 18.0. The molecule has 12 bridgehead atoms. The Morgan fingerprint density at radius 2 is 0.500 bits per heavy atom. The number of ketones is 1. The van der Waals surface area contributed by atoms with Gasteiger partial charge in [0.2, 0.25) is 5.78 Å². The Morgan fingerprint density at radius 3 is 0.736 bits per heavy atom. The Labute approximate surface area is 403 Å². The van der Waals surface area contributed by atoms with Gasteiger partial charge in [-0.25, -0.2) is 9.59 Å². The molecule has 12 saturated heterocycles. The molecule has 12 rings (SSSR count). The molecule has 12 aliphatic rings. The van der Waals surface area contributed by atoms with Gasteiger partial charge < -0.3 is 148 Å². The number of hydrogen-bond acceptors (Lipinski definition) is 33. The summed E-state index contributed by atoms with van der Waals surface area (Å²) in [5, 5.41) is 178. The first-order chi connectivity index (χ1) is 34.2. The summed E-state index contributed by atoms with van der Waals surface area (Å²) in [4.78, 5) is 40.9. The largest absolute Gasteiger partial charge is 0.456 e. The molecule has 30 atom stereocenters. The topological polar surface area (TPSA) is 504 Å². The van der Waals surface area contributed by atoms with E-state index in [1.807, 2.05) is 0 Å². The Hall–Kier alpha value is -2.51. The number of carbonyl (C=O) groups excluding carboxylic acids is 3. The normalized spacial score (nSPS) is 53.0. The summed E-state index contributed by atoms with van der Waals surface area (Å²) in [6.07, 6.45) is -65.3. The van der Waals surface area contributed by atoms with E-state index in [1.54, 1.807) is 0 Å². The van der Waals surface area contributed by atoms with Gasteiger partial charge in [0.15, 0.2) is 63.2 Å². The molecule has 0 saturated carbocycles. The average molecular weight is 1050 g/mol. The van der Waals surface area contributed by atoms with Gasteiger partial charge >= 0.3 is 11.9 Å². The summed E-state index contributed by atoms with van der Waals surface area (Å²) in [6, 6.07) is 0. The van der Waals surface area contributed by atoms with Crippen molar-refractivity contribution in [2.75, 3.05) is 39.6 Å². The van der Waals surface area contributed by atoms with E-state index in [4.69, 9.17) is 66.3 Å². The highest BCUT2D eigenvalue weighted by Crippen LogP contribution is 2.38. The molecule has 12 fully saturated rings. The lowest BCUT2D eigenvalue weighted by atomic mass is 9.94. The Bertz CT molecular complexity index is 1710. The number of rotatable bonds is 4. The van der Waals surface area contributed by atoms with Crippen molar-refractivity contribution < 1.29 is 162 Å². The monoisotopic (exact) mass is 1050 g/mol. The van der Waals surface area contributed by atoms with Crippen LogP contribution in [0.1, 0.15) is 0 Å². The Kier molecular flexibility index (Phi) is 17.8.